The van der Waals surface area contributed by atoms with Gasteiger partial charge in [0, 0.05) is 6.42 Å². The molecule has 50 valence electrons. The first-order valence-electron chi connectivity index (χ1n) is 2.65. The van der Waals surface area contributed by atoms with Crippen molar-refractivity contribution in [3.05, 3.63) is 9.33 Å². The normalized spacial score (nSPS) is 10.0. The number of hydrogen-bond donors (Lipinski definition) is 1. The zero-order valence-corrected chi connectivity index (χ0v) is 7.18. The van der Waals surface area contributed by atoms with Gasteiger partial charge in [0.05, 0.1) is 3.57 Å². The molecular weight excluding hydrogens is 231 g/mol. The number of nitrogens with two attached hydrogens (primary N) is 1. The van der Waals surface area contributed by atoms with Crippen molar-refractivity contribution in [1.29, 1.82) is 0 Å². The van der Waals surface area contributed by atoms with E-state index < -0.39 is 0 Å². The van der Waals surface area contributed by atoms with Crippen LogP contribution in [0.5, 0.6) is 0 Å². The Kier molecular flexibility index (Phi) is 1.94. The molecule has 0 saturated carbocycles. The second-order valence-corrected chi connectivity index (χ2v) is 2.74. The summed E-state index contributed by atoms with van der Waals surface area (Å²) in [6, 6.07) is 0. The highest BCUT2D eigenvalue weighted by atomic mass is 127. The van der Waals surface area contributed by atoms with Crippen molar-refractivity contribution in [2.45, 2.75) is 13.3 Å². The lowest BCUT2D eigenvalue weighted by Gasteiger charge is -1.84. The minimum atomic E-state index is 0.493. The van der Waals surface area contributed by atoms with E-state index in [2.05, 4.69) is 27.7 Å². The number of nitrogen functional groups attached to an aromatic ring is 1. The third kappa shape index (κ3) is 1.17. The first kappa shape index (κ1) is 6.85. The summed E-state index contributed by atoms with van der Waals surface area (Å²) in [7, 11) is 0. The lowest BCUT2D eigenvalue weighted by atomic mass is 10.4. The summed E-state index contributed by atoms with van der Waals surface area (Å²) in [6.07, 6.45) is 0.850. The molecule has 0 aliphatic carbocycles. The van der Waals surface area contributed by atoms with E-state index >= 15 is 0 Å². The van der Waals surface area contributed by atoms with Gasteiger partial charge in [-0.3, -0.25) is 0 Å². The van der Waals surface area contributed by atoms with Gasteiger partial charge < -0.3 is 10.3 Å². The van der Waals surface area contributed by atoms with E-state index in [1.54, 1.807) is 0 Å². The SMILES string of the molecule is CCc1onc(N)c1I. The fourth-order valence-electron chi connectivity index (χ4n) is 0.547. The van der Waals surface area contributed by atoms with Gasteiger partial charge in [-0.25, -0.2) is 0 Å². The molecule has 0 radical (unpaired) electrons. The molecule has 1 rings (SSSR count). The number of rotatable bonds is 1. The summed E-state index contributed by atoms with van der Waals surface area (Å²) in [5.74, 6) is 1.36. The summed E-state index contributed by atoms with van der Waals surface area (Å²) in [5.41, 5.74) is 5.40. The van der Waals surface area contributed by atoms with Crippen LogP contribution in [-0.2, 0) is 6.42 Å². The van der Waals surface area contributed by atoms with E-state index in [1.165, 1.54) is 0 Å². The van der Waals surface area contributed by atoms with Crippen molar-refractivity contribution < 1.29 is 4.52 Å². The molecule has 0 saturated heterocycles. The Bertz CT molecular complexity index is 209. The van der Waals surface area contributed by atoms with Crippen LogP contribution in [0.3, 0.4) is 0 Å². The molecule has 2 N–H and O–H groups in total. The third-order valence-electron chi connectivity index (χ3n) is 1.04. The predicted molar refractivity (Wildman–Crippen MR) is 43.0 cm³/mol. The number of aromatic nitrogens is 1. The molecule has 0 aliphatic rings. The van der Waals surface area contributed by atoms with Crippen LogP contribution in [0.2, 0.25) is 0 Å². The molecule has 0 spiro atoms. The quantitative estimate of drug-likeness (QED) is 0.753. The van der Waals surface area contributed by atoms with Crippen molar-refractivity contribution in [2.24, 2.45) is 0 Å². The van der Waals surface area contributed by atoms with Crippen molar-refractivity contribution in [1.82, 2.24) is 5.16 Å². The summed E-state index contributed by atoms with van der Waals surface area (Å²) in [4.78, 5) is 0. The summed E-state index contributed by atoms with van der Waals surface area (Å²) in [5, 5.41) is 3.58. The Balaban J connectivity index is 3.04. The number of nitrogens with zero attached hydrogens (tertiary/aromatic N) is 1. The zero-order chi connectivity index (χ0) is 6.85. The van der Waals surface area contributed by atoms with Gasteiger partial charge in [-0.05, 0) is 22.6 Å². The Hall–Kier alpha value is -0.260. The molecule has 9 heavy (non-hydrogen) atoms. The molecule has 1 heterocycles. The Morgan fingerprint density at radius 1 is 1.78 bits per heavy atom. The second-order valence-electron chi connectivity index (χ2n) is 1.66. The van der Waals surface area contributed by atoms with E-state index in [9.17, 15) is 0 Å². The molecule has 4 heteroatoms. The molecule has 3 nitrogen and oxygen atoms in total. The van der Waals surface area contributed by atoms with Crippen LogP contribution in [-0.4, -0.2) is 5.16 Å². The van der Waals surface area contributed by atoms with E-state index in [1.807, 2.05) is 6.92 Å². The summed E-state index contributed by atoms with van der Waals surface area (Å²) in [6.45, 7) is 2.00. The fraction of sp³-hybridized carbons (Fsp3) is 0.400. The van der Waals surface area contributed by atoms with Gasteiger partial charge in [0.1, 0.15) is 0 Å². The van der Waals surface area contributed by atoms with Crippen LogP contribution in [0.15, 0.2) is 4.52 Å². The topological polar surface area (TPSA) is 52.0 Å². The van der Waals surface area contributed by atoms with E-state index in [4.69, 9.17) is 10.3 Å². The van der Waals surface area contributed by atoms with E-state index in [0.29, 0.717) is 5.82 Å². The van der Waals surface area contributed by atoms with Gasteiger partial charge in [0.2, 0.25) is 0 Å². The Morgan fingerprint density at radius 2 is 2.44 bits per heavy atom. The third-order valence-corrected chi connectivity index (χ3v) is 2.20. The number of halogens is 1. The molecule has 1 aromatic rings. The largest absolute Gasteiger partial charge is 0.380 e. The van der Waals surface area contributed by atoms with E-state index in [0.717, 1.165) is 15.8 Å². The average molecular weight is 238 g/mol. The van der Waals surface area contributed by atoms with Crippen LogP contribution < -0.4 is 5.73 Å². The first-order valence-corrected chi connectivity index (χ1v) is 3.73. The van der Waals surface area contributed by atoms with Crippen LogP contribution in [0.4, 0.5) is 5.82 Å². The first-order chi connectivity index (χ1) is 4.25. The van der Waals surface area contributed by atoms with Crippen molar-refractivity contribution in [3.63, 3.8) is 0 Å². The number of aryl methyl sites for hydroxylation is 1. The van der Waals surface area contributed by atoms with Crippen molar-refractivity contribution in [2.75, 3.05) is 5.73 Å². The molecule has 0 fully saturated rings. The van der Waals surface area contributed by atoms with Gasteiger partial charge in [0.25, 0.3) is 0 Å². The molecule has 1 aromatic heterocycles. The van der Waals surface area contributed by atoms with Crippen molar-refractivity contribution in [3.8, 4) is 0 Å². The number of anilines is 1. The standard InChI is InChI=1S/C5H7IN2O/c1-2-3-4(6)5(7)8-9-3/h2H2,1H3,(H2,7,8). The summed E-state index contributed by atoms with van der Waals surface area (Å²) < 4.78 is 5.80. The molecule has 0 atom stereocenters. The lowest BCUT2D eigenvalue weighted by Crippen LogP contribution is -1.86. The predicted octanol–water partition coefficient (Wildman–Crippen LogP) is 1.42. The Labute approximate surface area is 66.7 Å². The van der Waals surface area contributed by atoms with Gasteiger partial charge in [-0.15, -0.1) is 0 Å². The maximum absolute atomic E-state index is 5.40. The highest BCUT2D eigenvalue weighted by molar-refractivity contribution is 14.1. The number of hydrogen-bond acceptors (Lipinski definition) is 3. The van der Waals surface area contributed by atoms with Crippen LogP contribution in [0, 0.1) is 3.57 Å². The lowest BCUT2D eigenvalue weighted by molar-refractivity contribution is 0.388. The molecule has 0 bridgehead atoms. The van der Waals surface area contributed by atoms with Crippen LogP contribution >= 0.6 is 22.6 Å². The monoisotopic (exact) mass is 238 g/mol. The van der Waals surface area contributed by atoms with Crippen LogP contribution in [0.1, 0.15) is 12.7 Å². The molecule has 0 aliphatic heterocycles. The molecule has 0 aromatic carbocycles. The van der Waals surface area contributed by atoms with Gasteiger partial charge in [-0.2, -0.15) is 0 Å². The van der Waals surface area contributed by atoms with E-state index in [-0.39, 0.29) is 0 Å². The maximum Gasteiger partial charge on any atom is 0.180 e. The highest BCUT2D eigenvalue weighted by Crippen LogP contribution is 2.18. The van der Waals surface area contributed by atoms with Crippen LogP contribution in [0.25, 0.3) is 0 Å². The molecular formula is C5H7IN2O. The molecule has 0 amide bonds. The van der Waals surface area contributed by atoms with Gasteiger partial charge in [-0.1, -0.05) is 12.1 Å². The van der Waals surface area contributed by atoms with Gasteiger partial charge >= 0.3 is 0 Å². The summed E-state index contributed by atoms with van der Waals surface area (Å²) >= 11 is 2.12. The Morgan fingerprint density at radius 3 is 2.67 bits per heavy atom. The minimum absolute atomic E-state index is 0.493. The average Bonchev–Trinajstić information content (AvgIpc) is 2.15. The second kappa shape index (κ2) is 2.55. The zero-order valence-electron chi connectivity index (χ0n) is 5.02. The maximum atomic E-state index is 5.40. The fourth-order valence-corrected chi connectivity index (χ4v) is 1.13. The van der Waals surface area contributed by atoms with Gasteiger partial charge in [0.15, 0.2) is 11.6 Å². The highest BCUT2D eigenvalue weighted by Gasteiger charge is 2.06. The molecule has 0 unspecified atom stereocenters. The minimum Gasteiger partial charge on any atom is -0.380 e. The van der Waals surface area contributed by atoms with Crippen molar-refractivity contribution >= 4 is 28.4 Å². The smallest absolute Gasteiger partial charge is 0.180 e.